The van der Waals surface area contributed by atoms with Gasteiger partial charge in [0.25, 0.3) is 0 Å². The van der Waals surface area contributed by atoms with E-state index in [1.54, 1.807) is 11.8 Å². The molecule has 0 heterocycles. The van der Waals surface area contributed by atoms with Crippen LogP contribution in [0.2, 0.25) is 0 Å². The van der Waals surface area contributed by atoms with E-state index in [-0.39, 0.29) is 17.9 Å². The van der Waals surface area contributed by atoms with Crippen molar-refractivity contribution in [1.82, 2.24) is 10.2 Å². The highest BCUT2D eigenvalue weighted by Crippen LogP contribution is 2.22. The largest absolute Gasteiger partial charge is 0.352 e. The van der Waals surface area contributed by atoms with Crippen molar-refractivity contribution in [2.45, 2.75) is 82.8 Å². The third kappa shape index (κ3) is 6.86. The lowest BCUT2D eigenvalue weighted by molar-refractivity contribution is -0.141. The molecule has 0 aromatic heterocycles. The summed E-state index contributed by atoms with van der Waals surface area (Å²) in [6.07, 6.45) is 5.45. The minimum atomic E-state index is -0.438. The first kappa shape index (κ1) is 24.4. The van der Waals surface area contributed by atoms with E-state index in [1.807, 2.05) is 24.0 Å². The third-order valence-electron chi connectivity index (χ3n) is 6.30. The summed E-state index contributed by atoms with van der Waals surface area (Å²) in [5.41, 5.74) is 3.47. The zero-order valence-electron chi connectivity index (χ0n) is 19.6. The van der Waals surface area contributed by atoms with E-state index in [0.29, 0.717) is 25.1 Å². The molecule has 0 bridgehead atoms. The average Bonchev–Trinajstić information content (AvgIpc) is 3.29. The van der Waals surface area contributed by atoms with Crippen LogP contribution in [0.5, 0.6) is 0 Å². The maximum atomic E-state index is 13.4. The number of nitrogens with one attached hydrogen (secondary N) is 1. The summed E-state index contributed by atoms with van der Waals surface area (Å²) in [4.78, 5) is 29.5. The Morgan fingerprint density at radius 2 is 1.75 bits per heavy atom. The smallest absolute Gasteiger partial charge is 0.243 e. The summed E-state index contributed by atoms with van der Waals surface area (Å²) in [7, 11) is 0. The van der Waals surface area contributed by atoms with Crippen molar-refractivity contribution in [3.05, 3.63) is 65.2 Å². The lowest BCUT2D eigenvalue weighted by Crippen LogP contribution is -2.51. The second-order valence-corrected chi connectivity index (χ2v) is 9.94. The van der Waals surface area contributed by atoms with Crippen molar-refractivity contribution in [2.75, 3.05) is 5.75 Å². The Morgan fingerprint density at radius 3 is 2.41 bits per heavy atom. The zero-order valence-corrected chi connectivity index (χ0v) is 20.4. The first-order valence-electron chi connectivity index (χ1n) is 11.8. The monoisotopic (exact) mass is 452 g/mol. The normalized spacial score (nSPS) is 14.8. The molecule has 1 atom stereocenters. The average molecular weight is 453 g/mol. The van der Waals surface area contributed by atoms with Crippen molar-refractivity contribution in [1.29, 1.82) is 0 Å². The topological polar surface area (TPSA) is 49.4 Å². The Labute approximate surface area is 197 Å². The number of benzene rings is 2. The van der Waals surface area contributed by atoms with Gasteiger partial charge in [0.1, 0.15) is 6.04 Å². The van der Waals surface area contributed by atoms with Crippen LogP contribution in [0, 0.1) is 13.8 Å². The summed E-state index contributed by atoms with van der Waals surface area (Å²) >= 11 is 1.69. The predicted molar refractivity (Wildman–Crippen MR) is 133 cm³/mol. The Morgan fingerprint density at radius 1 is 1.06 bits per heavy atom. The maximum Gasteiger partial charge on any atom is 0.243 e. The van der Waals surface area contributed by atoms with Crippen LogP contribution in [0.15, 0.2) is 53.4 Å². The van der Waals surface area contributed by atoms with Crippen LogP contribution in [0.25, 0.3) is 0 Å². The molecule has 5 heteroatoms. The molecule has 1 N–H and O–H groups in total. The van der Waals surface area contributed by atoms with Gasteiger partial charge in [0, 0.05) is 29.7 Å². The molecule has 3 rings (SSSR count). The van der Waals surface area contributed by atoms with E-state index in [4.69, 9.17) is 0 Å². The summed E-state index contributed by atoms with van der Waals surface area (Å²) in [6, 6.07) is 16.3. The number of hydrogen-bond acceptors (Lipinski definition) is 3. The molecular weight excluding hydrogens is 416 g/mol. The highest BCUT2D eigenvalue weighted by Gasteiger charge is 2.30. The van der Waals surface area contributed by atoms with Crippen LogP contribution in [-0.2, 0) is 16.1 Å². The fraction of sp³-hybridized carbons (Fsp3) is 0.481. The molecule has 1 fully saturated rings. The first-order valence-corrected chi connectivity index (χ1v) is 12.8. The van der Waals surface area contributed by atoms with Crippen LogP contribution >= 0.6 is 11.8 Å². The van der Waals surface area contributed by atoms with Crippen molar-refractivity contribution >= 4 is 23.6 Å². The molecule has 32 heavy (non-hydrogen) atoms. The summed E-state index contributed by atoms with van der Waals surface area (Å²) < 4.78 is 0. The van der Waals surface area contributed by atoms with Crippen LogP contribution in [0.1, 0.15) is 62.1 Å². The van der Waals surface area contributed by atoms with Crippen LogP contribution in [0.3, 0.4) is 0 Å². The SMILES string of the molecule is CCC(C(=O)NC1CCCC1)N(Cc1ccccc1C)C(=O)CCSc1ccc(C)cc1. The molecule has 2 amide bonds. The number of amides is 2. The maximum absolute atomic E-state index is 13.4. The van der Waals surface area contributed by atoms with Gasteiger partial charge >= 0.3 is 0 Å². The first-order chi connectivity index (χ1) is 15.5. The second kappa shape index (κ2) is 12.1. The summed E-state index contributed by atoms with van der Waals surface area (Å²) in [6.45, 7) is 6.60. The minimum Gasteiger partial charge on any atom is -0.352 e. The number of carbonyl (C=O) groups is 2. The Balaban J connectivity index is 1.70. The minimum absolute atomic E-state index is 0.00692. The van der Waals surface area contributed by atoms with Crippen LogP contribution in [-0.4, -0.2) is 34.6 Å². The predicted octanol–water partition coefficient (Wildman–Crippen LogP) is 5.65. The third-order valence-corrected chi connectivity index (χ3v) is 7.31. The molecule has 172 valence electrons. The van der Waals surface area contributed by atoms with Gasteiger partial charge in [-0.2, -0.15) is 0 Å². The summed E-state index contributed by atoms with van der Waals surface area (Å²) in [5.74, 6) is 0.737. The molecule has 0 aliphatic heterocycles. The standard InChI is InChI=1S/C27H36N2O2S/c1-4-25(27(31)28-23-11-7-8-12-23)29(19-22-10-6-5-9-21(22)3)26(30)17-18-32-24-15-13-20(2)14-16-24/h5-6,9-10,13-16,23,25H,4,7-8,11-12,17-19H2,1-3H3,(H,28,31). The lowest BCUT2D eigenvalue weighted by Gasteiger charge is -2.32. The van der Waals surface area contributed by atoms with Crippen molar-refractivity contribution in [2.24, 2.45) is 0 Å². The van der Waals surface area contributed by atoms with E-state index >= 15 is 0 Å². The van der Waals surface area contributed by atoms with Crippen molar-refractivity contribution < 1.29 is 9.59 Å². The van der Waals surface area contributed by atoms with Gasteiger partial charge in [0.05, 0.1) is 0 Å². The molecule has 0 spiro atoms. The molecule has 0 radical (unpaired) electrons. The highest BCUT2D eigenvalue weighted by atomic mass is 32.2. The van der Waals surface area contributed by atoms with Gasteiger partial charge in [-0.15, -0.1) is 11.8 Å². The van der Waals surface area contributed by atoms with Gasteiger partial charge in [-0.1, -0.05) is 61.7 Å². The molecule has 4 nitrogen and oxygen atoms in total. The number of aryl methyl sites for hydroxylation is 2. The van der Waals surface area contributed by atoms with Gasteiger partial charge in [-0.3, -0.25) is 9.59 Å². The molecule has 1 aliphatic carbocycles. The fourth-order valence-corrected chi connectivity index (χ4v) is 5.13. The molecule has 1 aliphatic rings. The van der Waals surface area contributed by atoms with Crippen LogP contribution < -0.4 is 5.32 Å². The number of hydrogen-bond donors (Lipinski definition) is 1. The molecule has 0 saturated heterocycles. The van der Waals surface area contributed by atoms with Gasteiger partial charge in [0.2, 0.25) is 11.8 Å². The number of carbonyl (C=O) groups excluding carboxylic acids is 2. The molecular formula is C27H36N2O2S. The Bertz CT molecular complexity index is 891. The van der Waals surface area contributed by atoms with Crippen molar-refractivity contribution in [3.63, 3.8) is 0 Å². The Kier molecular flexibility index (Phi) is 9.22. The van der Waals surface area contributed by atoms with Gasteiger partial charge in [-0.05, 0) is 56.4 Å². The Hall–Kier alpha value is -2.27. The molecule has 2 aromatic carbocycles. The second-order valence-electron chi connectivity index (χ2n) is 8.77. The van der Waals surface area contributed by atoms with E-state index in [1.165, 1.54) is 23.3 Å². The van der Waals surface area contributed by atoms with Gasteiger partial charge < -0.3 is 10.2 Å². The van der Waals surface area contributed by atoms with Gasteiger partial charge in [-0.25, -0.2) is 0 Å². The van der Waals surface area contributed by atoms with E-state index < -0.39 is 6.04 Å². The fourth-order valence-electron chi connectivity index (χ4n) is 4.29. The van der Waals surface area contributed by atoms with Crippen LogP contribution in [0.4, 0.5) is 0 Å². The molecule has 2 aromatic rings. The number of thioether (sulfide) groups is 1. The zero-order chi connectivity index (χ0) is 22.9. The van der Waals surface area contributed by atoms with E-state index in [9.17, 15) is 9.59 Å². The highest BCUT2D eigenvalue weighted by molar-refractivity contribution is 7.99. The van der Waals surface area contributed by atoms with E-state index in [2.05, 4.69) is 55.6 Å². The summed E-state index contributed by atoms with van der Waals surface area (Å²) in [5, 5.41) is 3.21. The molecule has 1 saturated carbocycles. The van der Waals surface area contributed by atoms with E-state index in [0.717, 1.165) is 24.0 Å². The lowest BCUT2D eigenvalue weighted by atomic mass is 10.1. The molecule has 1 unspecified atom stereocenters. The van der Waals surface area contributed by atoms with Gasteiger partial charge in [0.15, 0.2) is 0 Å². The van der Waals surface area contributed by atoms with Crippen molar-refractivity contribution in [3.8, 4) is 0 Å². The number of rotatable bonds is 10. The number of nitrogens with zero attached hydrogens (tertiary/aromatic N) is 1. The quantitative estimate of drug-likeness (QED) is 0.474.